The summed E-state index contributed by atoms with van der Waals surface area (Å²) in [6, 6.07) is 24.3. The van der Waals surface area contributed by atoms with Crippen LogP contribution in [0.3, 0.4) is 0 Å². The van der Waals surface area contributed by atoms with Gasteiger partial charge in [0.15, 0.2) is 0 Å². The molecule has 0 heterocycles. The fourth-order valence-corrected chi connectivity index (χ4v) is 5.51. The first-order chi connectivity index (χ1) is 18.4. The number of hydrogen-bond donors (Lipinski definition) is 2. The molecular formula is C32H26N2O4. The standard InChI is InChI=1S/C32H26N2O4/c1-17(35)33-28-15-20-13-22(37-3)7-11-24(20)31-26(28)9-5-19-6-10-27-29(34-18(2)36)16-21-14-23(38-4)8-12-25(21)32(27)30(19)31/h5-16H,1-4H3,(H,33,35)(H,34,36). The van der Waals surface area contributed by atoms with E-state index in [-0.39, 0.29) is 11.8 Å². The van der Waals surface area contributed by atoms with Crippen molar-refractivity contribution in [3.05, 3.63) is 72.8 Å². The Bertz CT molecular complexity index is 1820. The first-order valence-corrected chi connectivity index (χ1v) is 12.3. The maximum Gasteiger partial charge on any atom is 0.221 e. The molecule has 0 aliphatic heterocycles. The number of rotatable bonds is 4. The fraction of sp³-hybridized carbons (Fsp3) is 0.125. The number of anilines is 2. The smallest absolute Gasteiger partial charge is 0.221 e. The largest absolute Gasteiger partial charge is 0.497 e. The molecule has 2 N–H and O–H groups in total. The summed E-state index contributed by atoms with van der Waals surface area (Å²) in [6.45, 7) is 3.03. The fourth-order valence-electron chi connectivity index (χ4n) is 5.51. The lowest BCUT2D eigenvalue weighted by atomic mass is 9.89. The van der Waals surface area contributed by atoms with E-state index in [4.69, 9.17) is 9.47 Å². The Hall–Kier alpha value is -4.84. The molecule has 2 amide bonds. The number of nitrogens with one attached hydrogen (secondary N) is 2. The van der Waals surface area contributed by atoms with Crippen LogP contribution in [0.15, 0.2) is 72.8 Å². The predicted molar refractivity (Wildman–Crippen MR) is 156 cm³/mol. The van der Waals surface area contributed by atoms with E-state index in [9.17, 15) is 9.59 Å². The van der Waals surface area contributed by atoms with Gasteiger partial charge in [0, 0.05) is 46.8 Å². The highest BCUT2D eigenvalue weighted by atomic mass is 16.5. The molecule has 0 aromatic heterocycles. The van der Waals surface area contributed by atoms with Crippen molar-refractivity contribution in [2.45, 2.75) is 13.8 Å². The lowest BCUT2D eigenvalue weighted by Gasteiger charge is -2.18. The first kappa shape index (κ1) is 23.6. The van der Waals surface area contributed by atoms with Gasteiger partial charge in [-0.15, -0.1) is 0 Å². The van der Waals surface area contributed by atoms with Gasteiger partial charge in [-0.2, -0.15) is 0 Å². The molecule has 0 unspecified atom stereocenters. The first-order valence-electron chi connectivity index (χ1n) is 12.3. The number of carbonyl (C=O) groups excluding carboxylic acids is 2. The van der Waals surface area contributed by atoms with Gasteiger partial charge in [0.2, 0.25) is 11.8 Å². The van der Waals surface area contributed by atoms with Gasteiger partial charge < -0.3 is 20.1 Å². The molecule has 0 aliphatic carbocycles. The van der Waals surface area contributed by atoms with Gasteiger partial charge in [0.25, 0.3) is 0 Å². The van der Waals surface area contributed by atoms with Crippen LogP contribution in [-0.2, 0) is 9.59 Å². The number of carbonyl (C=O) groups is 2. The molecule has 0 saturated heterocycles. The Morgan fingerprint density at radius 1 is 0.526 bits per heavy atom. The van der Waals surface area contributed by atoms with E-state index in [2.05, 4.69) is 47.0 Å². The van der Waals surface area contributed by atoms with E-state index in [0.717, 1.165) is 76.7 Å². The van der Waals surface area contributed by atoms with Crippen LogP contribution in [0.25, 0.3) is 53.9 Å². The van der Waals surface area contributed by atoms with Crippen molar-refractivity contribution in [3.63, 3.8) is 0 Å². The van der Waals surface area contributed by atoms with Crippen LogP contribution in [0, 0.1) is 0 Å². The van der Waals surface area contributed by atoms with E-state index in [0.29, 0.717) is 0 Å². The molecule has 0 saturated carbocycles. The van der Waals surface area contributed by atoms with Crippen molar-refractivity contribution in [1.82, 2.24) is 0 Å². The molecule has 6 aromatic carbocycles. The predicted octanol–water partition coefficient (Wildman–Crippen LogP) is 7.39. The van der Waals surface area contributed by atoms with Crippen molar-refractivity contribution < 1.29 is 19.1 Å². The summed E-state index contributed by atoms with van der Waals surface area (Å²) in [5.41, 5.74) is 1.47. The highest BCUT2D eigenvalue weighted by Gasteiger charge is 2.17. The van der Waals surface area contributed by atoms with E-state index < -0.39 is 0 Å². The third-order valence-corrected chi connectivity index (χ3v) is 7.04. The summed E-state index contributed by atoms with van der Waals surface area (Å²) in [5, 5.41) is 16.1. The van der Waals surface area contributed by atoms with Crippen LogP contribution in [-0.4, -0.2) is 26.0 Å². The molecule has 6 rings (SSSR count). The van der Waals surface area contributed by atoms with E-state index in [1.54, 1.807) is 14.2 Å². The lowest BCUT2D eigenvalue weighted by Crippen LogP contribution is -2.07. The minimum absolute atomic E-state index is 0.142. The molecule has 188 valence electrons. The highest BCUT2D eigenvalue weighted by molar-refractivity contribution is 6.35. The topological polar surface area (TPSA) is 76.7 Å². The molecule has 0 aliphatic rings. The van der Waals surface area contributed by atoms with Crippen LogP contribution in [0.4, 0.5) is 11.4 Å². The monoisotopic (exact) mass is 502 g/mol. The van der Waals surface area contributed by atoms with Crippen molar-refractivity contribution in [2.75, 3.05) is 24.9 Å². The molecule has 6 nitrogen and oxygen atoms in total. The van der Waals surface area contributed by atoms with Crippen LogP contribution in [0.2, 0.25) is 0 Å². The average Bonchev–Trinajstić information content (AvgIpc) is 2.91. The summed E-state index contributed by atoms with van der Waals surface area (Å²) < 4.78 is 11.0. The summed E-state index contributed by atoms with van der Waals surface area (Å²) in [5.74, 6) is 1.19. The second kappa shape index (κ2) is 8.92. The molecular weight excluding hydrogens is 476 g/mol. The van der Waals surface area contributed by atoms with Gasteiger partial charge in [-0.05, 0) is 68.7 Å². The molecule has 38 heavy (non-hydrogen) atoms. The van der Waals surface area contributed by atoms with E-state index >= 15 is 0 Å². The lowest BCUT2D eigenvalue weighted by molar-refractivity contribution is -0.115. The van der Waals surface area contributed by atoms with Gasteiger partial charge in [-0.1, -0.05) is 36.4 Å². The zero-order valence-electron chi connectivity index (χ0n) is 21.6. The Balaban J connectivity index is 1.90. The van der Waals surface area contributed by atoms with Gasteiger partial charge in [-0.25, -0.2) is 0 Å². The van der Waals surface area contributed by atoms with Crippen LogP contribution in [0.1, 0.15) is 13.8 Å². The zero-order valence-corrected chi connectivity index (χ0v) is 21.6. The summed E-state index contributed by atoms with van der Waals surface area (Å²) in [6.07, 6.45) is 0. The molecule has 6 aromatic rings. The Labute approximate surface area is 219 Å². The van der Waals surface area contributed by atoms with Gasteiger partial charge in [0.1, 0.15) is 11.5 Å². The number of fused-ring (bicyclic) bond motifs is 9. The minimum Gasteiger partial charge on any atom is -0.497 e. The third-order valence-electron chi connectivity index (χ3n) is 7.04. The molecule has 0 radical (unpaired) electrons. The highest BCUT2D eigenvalue weighted by Crippen LogP contribution is 2.44. The number of methoxy groups -OCH3 is 2. The van der Waals surface area contributed by atoms with Crippen LogP contribution in [0.5, 0.6) is 11.5 Å². The van der Waals surface area contributed by atoms with E-state index in [1.165, 1.54) is 13.8 Å². The van der Waals surface area contributed by atoms with Crippen LogP contribution >= 0.6 is 0 Å². The van der Waals surface area contributed by atoms with Crippen LogP contribution < -0.4 is 20.1 Å². The van der Waals surface area contributed by atoms with Crippen molar-refractivity contribution in [3.8, 4) is 11.5 Å². The van der Waals surface area contributed by atoms with Gasteiger partial charge in [0.05, 0.1) is 14.2 Å². The van der Waals surface area contributed by atoms with E-state index in [1.807, 2.05) is 36.4 Å². The number of benzene rings is 6. The van der Waals surface area contributed by atoms with Gasteiger partial charge >= 0.3 is 0 Å². The van der Waals surface area contributed by atoms with Crippen molar-refractivity contribution in [1.29, 1.82) is 0 Å². The van der Waals surface area contributed by atoms with Gasteiger partial charge in [-0.3, -0.25) is 9.59 Å². The quantitative estimate of drug-likeness (QED) is 0.247. The average molecular weight is 503 g/mol. The van der Waals surface area contributed by atoms with Crippen molar-refractivity contribution in [2.24, 2.45) is 0 Å². The Morgan fingerprint density at radius 2 is 0.947 bits per heavy atom. The van der Waals surface area contributed by atoms with Crippen molar-refractivity contribution >= 4 is 77.1 Å². The Morgan fingerprint density at radius 3 is 1.34 bits per heavy atom. The molecule has 0 atom stereocenters. The normalized spacial score (nSPS) is 11.4. The molecule has 0 bridgehead atoms. The SMILES string of the molecule is COc1ccc2c(c1)cc(NC(C)=O)c1ccc3ccc4c(NC(C)=O)cc5cc(OC)ccc5c4c3c12. The maximum absolute atomic E-state index is 12.2. The summed E-state index contributed by atoms with van der Waals surface area (Å²) in [7, 11) is 3.29. The number of amides is 2. The maximum atomic E-state index is 12.2. The molecule has 0 fully saturated rings. The second-order valence-electron chi connectivity index (χ2n) is 9.46. The minimum atomic E-state index is -0.142. The molecule has 6 heteroatoms. The summed E-state index contributed by atoms with van der Waals surface area (Å²) in [4.78, 5) is 24.4. The number of hydrogen-bond acceptors (Lipinski definition) is 4. The Kier molecular flexibility index (Phi) is 5.53. The zero-order chi connectivity index (χ0) is 26.6. The molecule has 0 spiro atoms. The number of ether oxygens (including phenoxy) is 2. The third kappa shape index (κ3) is 3.73. The summed E-state index contributed by atoms with van der Waals surface area (Å²) >= 11 is 0. The second-order valence-corrected chi connectivity index (χ2v) is 9.46.